The van der Waals surface area contributed by atoms with Crippen molar-refractivity contribution in [3.63, 3.8) is 0 Å². The summed E-state index contributed by atoms with van der Waals surface area (Å²) in [4.78, 5) is 11.5. The van der Waals surface area contributed by atoms with Gasteiger partial charge in [-0.1, -0.05) is 62.4 Å². The van der Waals surface area contributed by atoms with Gasteiger partial charge >= 0.3 is 7.60 Å². The first-order chi connectivity index (χ1) is 13.0. The Kier molecular flexibility index (Phi) is 8.04. The van der Waals surface area contributed by atoms with E-state index in [1.807, 2.05) is 32.0 Å². The number of anilines is 1. The monoisotopic (exact) mass is 390 g/mol. The molecule has 1 N–H and O–H groups in total. The number of carboxylic acids is 1. The minimum absolute atomic E-state index is 0.0176. The number of rotatable bonds is 11. The molecule has 0 heterocycles. The molecular formula is C20H25NO5P-. The highest BCUT2D eigenvalue weighted by Crippen LogP contribution is 2.61. The predicted octanol–water partition coefficient (Wildman–Crippen LogP) is 4.21. The summed E-state index contributed by atoms with van der Waals surface area (Å²) >= 11 is 0. The van der Waals surface area contributed by atoms with Gasteiger partial charge in [0.05, 0.1) is 19.2 Å². The highest BCUT2D eigenvalue weighted by molar-refractivity contribution is 7.54. The first-order valence-corrected chi connectivity index (χ1v) is 10.6. The third-order valence-corrected chi connectivity index (χ3v) is 5.97. The Bertz CT molecular complexity index is 769. The Labute approximate surface area is 160 Å². The standard InChI is InChI=1S/C20H26NO5P/c1-3-14-25-27(24,26-15-4-2)19(16-10-6-5-7-11-16)21-18-13-9-8-12-17(18)20(22)23/h5-13,19,21H,3-4,14-15H2,1-2H3,(H,22,23)/p-1/t19-/m1/s1. The molecule has 2 aromatic carbocycles. The van der Waals surface area contributed by atoms with Gasteiger partial charge < -0.3 is 24.3 Å². The molecule has 6 nitrogen and oxygen atoms in total. The lowest BCUT2D eigenvalue weighted by molar-refractivity contribution is -0.254. The number of hydrogen-bond acceptors (Lipinski definition) is 6. The van der Waals surface area contributed by atoms with Crippen molar-refractivity contribution in [2.45, 2.75) is 32.5 Å². The second kappa shape index (κ2) is 10.3. The summed E-state index contributed by atoms with van der Waals surface area (Å²) in [6.45, 7) is 4.38. The van der Waals surface area contributed by atoms with Crippen LogP contribution in [0.2, 0.25) is 0 Å². The van der Waals surface area contributed by atoms with Crippen LogP contribution >= 0.6 is 7.60 Å². The van der Waals surface area contributed by atoms with Crippen LogP contribution in [0.3, 0.4) is 0 Å². The van der Waals surface area contributed by atoms with Gasteiger partial charge in [0.15, 0.2) is 5.78 Å². The van der Waals surface area contributed by atoms with Gasteiger partial charge in [0, 0.05) is 11.3 Å². The van der Waals surface area contributed by atoms with Gasteiger partial charge in [0.25, 0.3) is 0 Å². The molecule has 1 atom stereocenters. The van der Waals surface area contributed by atoms with Gasteiger partial charge in [0.1, 0.15) is 0 Å². The lowest BCUT2D eigenvalue weighted by Crippen LogP contribution is -2.25. The summed E-state index contributed by atoms with van der Waals surface area (Å²) in [5.74, 6) is -2.17. The van der Waals surface area contributed by atoms with Gasteiger partial charge in [-0.15, -0.1) is 0 Å². The van der Waals surface area contributed by atoms with Crippen LogP contribution in [-0.4, -0.2) is 19.2 Å². The van der Waals surface area contributed by atoms with E-state index in [0.29, 0.717) is 24.1 Å². The van der Waals surface area contributed by atoms with Gasteiger partial charge in [0.2, 0.25) is 0 Å². The maximum atomic E-state index is 13.6. The van der Waals surface area contributed by atoms with Crippen molar-refractivity contribution in [1.29, 1.82) is 0 Å². The lowest BCUT2D eigenvalue weighted by Gasteiger charge is -2.29. The van der Waals surface area contributed by atoms with Crippen molar-refractivity contribution < 1.29 is 23.5 Å². The van der Waals surface area contributed by atoms with Crippen LogP contribution in [0.1, 0.15) is 48.4 Å². The summed E-state index contributed by atoms with van der Waals surface area (Å²) < 4.78 is 25.0. The van der Waals surface area contributed by atoms with Crippen LogP contribution < -0.4 is 10.4 Å². The first-order valence-electron chi connectivity index (χ1n) is 9.02. The van der Waals surface area contributed by atoms with Crippen LogP contribution in [0.5, 0.6) is 0 Å². The van der Waals surface area contributed by atoms with Crippen LogP contribution in [0, 0.1) is 0 Å². The predicted molar refractivity (Wildman–Crippen MR) is 104 cm³/mol. The fourth-order valence-electron chi connectivity index (χ4n) is 2.54. The molecule has 0 aliphatic rings. The van der Waals surface area contributed by atoms with Gasteiger partial charge in [-0.25, -0.2) is 0 Å². The Morgan fingerprint density at radius 1 is 1.00 bits per heavy atom. The SMILES string of the molecule is CCCOP(=O)(OCCC)[C@@H](Nc1ccccc1C(=O)[O-])c1ccccc1. The number of carboxylic acid groups (broad SMARTS) is 1. The molecule has 0 aliphatic heterocycles. The molecule has 0 aliphatic carbocycles. The van der Waals surface area contributed by atoms with E-state index >= 15 is 0 Å². The molecule has 0 amide bonds. The van der Waals surface area contributed by atoms with E-state index in [0.717, 1.165) is 0 Å². The third-order valence-electron chi connectivity index (χ3n) is 3.82. The number of carbonyl (C=O) groups excluding carboxylic acids is 1. The molecule has 2 aromatic rings. The van der Waals surface area contributed by atoms with Gasteiger partial charge in [-0.2, -0.15) is 0 Å². The Balaban J connectivity index is 2.47. The molecule has 27 heavy (non-hydrogen) atoms. The minimum atomic E-state index is -3.62. The number of nitrogens with one attached hydrogen (secondary N) is 1. The molecule has 7 heteroatoms. The number of aromatic carboxylic acids is 1. The Morgan fingerprint density at radius 2 is 1.56 bits per heavy atom. The third kappa shape index (κ3) is 5.67. The molecule has 0 unspecified atom stereocenters. The average Bonchev–Trinajstić information content (AvgIpc) is 2.69. The molecule has 2 rings (SSSR count). The molecular weight excluding hydrogens is 365 g/mol. The van der Waals surface area contributed by atoms with E-state index in [-0.39, 0.29) is 18.8 Å². The molecule has 0 saturated heterocycles. The zero-order valence-corrected chi connectivity index (χ0v) is 16.5. The largest absolute Gasteiger partial charge is 0.545 e. The van der Waals surface area contributed by atoms with E-state index in [1.54, 1.807) is 30.3 Å². The van der Waals surface area contributed by atoms with Crippen molar-refractivity contribution in [3.8, 4) is 0 Å². The normalized spacial score (nSPS) is 12.5. The maximum Gasteiger partial charge on any atom is 0.357 e. The summed E-state index contributed by atoms with van der Waals surface area (Å²) in [6, 6.07) is 15.4. The topological polar surface area (TPSA) is 87.7 Å². The Morgan fingerprint density at radius 3 is 2.11 bits per heavy atom. The van der Waals surface area contributed by atoms with Crippen molar-refractivity contribution in [2.75, 3.05) is 18.5 Å². The van der Waals surface area contributed by atoms with Gasteiger partial charge in [-0.05, 0) is 24.5 Å². The summed E-state index contributed by atoms with van der Waals surface area (Å²) in [7, 11) is -3.62. The summed E-state index contributed by atoms with van der Waals surface area (Å²) in [5, 5.41) is 14.5. The fourth-order valence-corrected chi connectivity index (χ4v) is 4.62. The van der Waals surface area contributed by atoms with E-state index < -0.39 is 19.3 Å². The van der Waals surface area contributed by atoms with E-state index in [1.165, 1.54) is 6.07 Å². The second-order valence-electron chi connectivity index (χ2n) is 6.00. The molecule has 0 radical (unpaired) electrons. The van der Waals surface area contributed by atoms with Crippen molar-refractivity contribution in [3.05, 3.63) is 65.7 Å². The molecule has 0 aromatic heterocycles. The number of para-hydroxylation sites is 1. The smallest absolute Gasteiger partial charge is 0.357 e. The first kappa shape index (κ1) is 21.2. The molecule has 0 spiro atoms. The fraction of sp³-hybridized carbons (Fsp3) is 0.350. The second-order valence-corrected chi connectivity index (χ2v) is 8.11. The van der Waals surface area contributed by atoms with Crippen LogP contribution in [0.4, 0.5) is 5.69 Å². The number of hydrogen-bond donors (Lipinski definition) is 1. The highest BCUT2D eigenvalue weighted by atomic mass is 31.2. The quantitative estimate of drug-likeness (QED) is 0.579. The van der Waals surface area contributed by atoms with Crippen molar-refractivity contribution in [1.82, 2.24) is 0 Å². The number of carbonyl (C=O) groups is 1. The highest BCUT2D eigenvalue weighted by Gasteiger charge is 2.37. The summed E-state index contributed by atoms with van der Waals surface area (Å²) in [6.07, 6.45) is 1.35. The molecule has 146 valence electrons. The van der Waals surface area contributed by atoms with Crippen molar-refractivity contribution >= 4 is 19.3 Å². The van der Waals surface area contributed by atoms with Gasteiger partial charge in [-0.3, -0.25) is 4.57 Å². The van der Waals surface area contributed by atoms with E-state index in [9.17, 15) is 14.5 Å². The lowest BCUT2D eigenvalue weighted by atomic mass is 10.1. The van der Waals surface area contributed by atoms with E-state index in [2.05, 4.69) is 5.32 Å². The zero-order valence-electron chi connectivity index (χ0n) is 15.6. The number of benzene rings is 2. The summed E-state index contributed by atoms with van der Waals surface area (Å²) in [5.41, 5.74) is 0.962. The maximum absolute atomic E-state index is 13.6. The zero-order chi connectivity index (χ0) is 19.7. The molecule has 0 bridgehead atoms. The molecule has 0 fully saturated rings. The minimum Gasteiger partial charge on any atom is -0.545 e. The van der Waals surface area contributed by atoms with Crippen LogP contribution in [0.15, 0.2) is 54.6 Å². The van der Waals surface area contributed by atoms with E-state index in [4.69, 9.17) is 9.05 Å². The van der Waals surface area contributed by atoms with Crippen LogP contribution in [0.25, 0.3) is 0 Å². The molecule has 0 saturated carbocycles. The van der Waals surface area contributed by atoms with Crippen LogP contribution in [-0.2, 0) is 13.6 Å². The Hall–Kier alpha value is -2.14. The van der Waals surface area contributed by atoms with Crippen molar-refractivity contribution in [2.24, 2.45) is 0 Å². The average molecular weight is 390 g/mol.